The lowest BCUT2D eigenvalue weighted by Crippen LogP contribution is -2.30. The van der Waals surface area contributed by atoms with Crippen LogP contribution in [0.2, 0.25) is 0 Å². The summed E-state index contributed by atoms with van der Waals surface area (Å²) in [6.07, 6.45) is 14.6. The van der Waals surface area contributed by atoms with Crippen LogP contribution in [0, 0.1) is 11.8 Å². The summed E-state index contributed by atoms with van der Waals surface area (Å²) in [5.41, 5.74) is 0. The summed E-state index contributed by atoms with van der Waals surface area (Å²) in [7, 11) is -9.63. The van der Waals surface area contributed by atoms with Gasteiger partial charge in [0.2, 0.25) is 0 Å². The first-order chi connectivity index (χ1) is 22.1. The molecule has 0 radical (unpaired) electrons. The lowest BCUT2D eigenvalue weighted by Gasteiger charge is -2.20. The molecule has 47 heavy (non-hydrogen) atoms. The maximum atomic E-state index is 12.5. The minimum atomic E-state index is -4.85. The number of ether oxygens (including phenoxy) is 2. The second-order valence-corrected chi connectivity index (χ2v) is 15.8. The Morgan fingerprint density at radius 1 is 0.553 bits per heavy atom. The summed E-state index contributed by atoms with van der Waals surface area (Å²) in [4.78, 5) is 52.2. The second-order valence-electron chi connectivity index (χ2n) is 13.1. The molecule has 0 aliphatic rings. The van der Waals surface area contributed by atoms with Crippen molar-refractivity contribution < 1.29 is 61.6 Å². The van der Waals surface area contributed by atoms with E-state index in [1.807, 2.05) is 0 Å². The van der Waals surface area contributed by atoms with Crippen molar-refractivity contribution >= 4 is 27.6 Å². The molecule has 13 nitrogen and oxygen atoms in total. The van der Waals surface area contributed by atoms with E-state index >= 15 is 0 Å². The number of phosphoric ester groups is 2. The van der Waals surface area contributed by atoms with Gasteiger partial charge in [0.1, 0.15) is 12.7 Å². The van der Waals surface area contributed by atoms with Crippen LogP contribution in [0.4, 0.5) is 0 Å². The fourth-order valence-corrected chi connectivity index (χ4v) is 5.81. The zero-order valence-electron chi connectivity index (χ0n) is 29.2. The summed E-state index contributed by atoms with van der Waals surface area (Å²) in [6.45, 7) is 6.20. The molecule has 0 spiro atoms. The highest BCUT2D eigenvalue weighted by Gasteiger charge is 2.28. The first-order valence-corrected chi connectivity index (χ1v) is 20.5. The monoisotopic (exact) mass is 718 g/mol. The predicted molar refractivity (Wildman–Crippen MR) is 179 cm³/mol. The van der Waals surface area contributed by atoms with Crippen LogP contribution in [0.25, 0.3) is 0 Å². The Labute approximate surface area is 282 Å². The normalized spacial score (nSPS) is 14.7. The lowest BCUT2D eigenvalue weighted by atomic mass is 10.0. The maximum Gasteiger partial charge on any atom is 0.472 e. The van der Waals surface area contributed by atoms with Gasteiger partial charge in [-0.2, -0.15) is 0 Å². The van der Waals surface area contributed by atoms with Gasteiger partial charge in [0.15, 0.2) is 6.10 Å². The van der Waals surface area contributed by atoms with Crippen molar-refractivity contribution in [3.8, 4) is 0 Å². The highest BCUT2D eigenvalue weighted by atomic mass is 31.2. The Morgan fingerprint density at radius 3 is 1.43 bits per heavy atom. The smallest absolute Gasteiger partial charge is 0.462 e. The van der Waals surface area contributed by atoms with Gasteiger partial charge in [0.05, 0.1) is 19.8 Å². The molecule has 0 aliphatic heterocycles. The number of carbonyl (C=O) groups is 2. The Balaban J connectivity index is 4.64. The third-order valence-corrected chi connectivity index (χ3v) is 8.78. The van der Waals surface area contributed by atoms with Gasteiger partial charge in [0, 0.05) is 12.8 Å². The number of aliphatic hydroxyl groups is 1. The molecule has 0 fully saturated rings. The number of hydrogen-bond donors (Lipinski definition) is 4. The van der Waals surface area contributed by atoms with Crippen molar-refractivity contribution in [3.63, 3.8) is 0 Å². The van der Waals surface area contributed by atoms with Crippen LogP contribution in [0.3, 0.4) is 0 Å². The largest absolute Gasteiger partial charge is 0.472 e. The minimum absolute atomic E-state index is 0.134. The molecule has 0 rings (SSSR count). The van der Waals surface area contributed by atoms with Crippen LogP contribution in [0.5, 0.6) is 0 Å². The lowest BCUT2D eigenvalue weighted by molar-refractivity contribution is -0.161. The zero-order valence-corrected chi connectivity index (χ0v) is 31.0. The standard InChI is InChI=1S/C32H64O13P2/c1-27(2)19-15-11-7-5-6-8-14-18-22-32(35)45-30(25-41-31(34)21-17-13-10-9-12-16-20-28(3)4)26-44-47(39,40)43-24-29(33)23-42-46(36,37)38/h27-30,33H,5-26H2,1-4H3,(H,39,40)(H2,36,37,38)/t29-,30+/m0/s1. The Morgan fingerprint density at radius 2 is 0.957 bits per heavy atom. The average molecular weight is 719 g/mol. The molecule has 15 heteroatoms. The second kappa shape index (κ2) is 27.9. The molecule has 1 unspecified atom stereocenters. The molecule has 280 valence electrons. The molecule has 0 aromatic heterocycles. The van der Waals surface area contributed by atoms with E-state index in [1.165, 1.54) is 51.4 Å². The highest BCUT2D eigenvalue weighted by Crippen LogP contribution is 2.43. The molecule has 3 atom stereocenters. The third kappa shape index (κ3) is 33.4. The van der Waals surface area contributed by atoms with Gasteiger partial charge in [-0.1, -0.05) is 118 Å². The molecule has 0 aliphatic carbocycles. The SMILES string of the molecule is CC(C)CCCCCCCCCCC(=O)O[C@H](COC(=O)CCCCCCCCC(C)C)COP(=O)(O)OC[C@@H](O)COP(=O)(O)O. The molecule has 0 aromatic carbocycles. The molecule has 0 aromatic rings. The van der Waals surface area contributed by atoms with E-state index in [4.69, 9.17) is 23.8 Å². The van der Waals surface area contributed by atoms with E-state index in [9.17, 15) is 28.7 Å². The van der Waals surface area contributed by atoms with Crippen LogP contribution >= 0.6 is 15.6 Å². The number of aliphatic hydroxyl groups excluding tert-OH is 1. The maximum absolute atomic E-state index is 12.5. The van der Waals surface area contributed by atoms with Gasteiger partial charge in [-0.15, -0.1) is 0 Å². The first kappa shape index (κ1) is 46.1. The molecular weight excluding hydrogens is 654 g/mol. The number of unbranched alkanes of at least 4 members (excludes halogenated alkanes) is 12. The molecule has 0 saturated heterocycles. The van der Waals surface area contributed by atoms with Gasteiger partial charge >= 0.3 is 27.6 Å². The summed E-state index contributed by atoms with van der Waals surface area (Å²) in [5.74, 6) is 0.406. The number of phosphoric acid groups is 2. The van der Waals surface area contributed by atoms with Gasteiger partial charge in [-0.3, -0.25) is 23.2 Å². The first-order valence-electron chi connectivity index (χ1n) is 17.4. The van der Waals surface area contributed by atoms with Gasteiger partial charge in [0.25, 0.3) is 0 Å². The quantitative estimate of drug-likeness (QED) is 0.0306. The van der Waals surface area contributed by atoms with Crippen molar-refractivity contribution in [2.24, 2.45) is 11.8 Å². The van der Waals surface area contributed by atoms with Crippen molar-refractivity contribution in [1.29, 1.82) is 0 Å². The van der Waals surface area contributed by atoms with Crippen molar-refractivity contribution in [3.05, 3.63) is 0 Å². The number of rotatable bonds is 32. The summed E-state index contributed by atoms with van der Waals surface area (Å²) in [6, 6.07) is 0. The third-order valence-electron chi connectivity index (χ3n) is 7.34. The predicted octanol–water partition coefficient (Wildman–Crippen LogP) is 7.38. The number of carbonyl (C=O) groups excluding carboxylic acids is 2. The van der Waals surface area contributed by atoms with Crippen LogP contribution in [0.15, 0.2) is 0 Å². The van der Waals surface area contributed by atoms with Crippen molar-refractivity contribution in [1.82, 2.24) is 0 Å². The topological polar surface area (TPSA) is 195 Å². The van der Waals surface area contributed by atoms with E-state index in [0.717, 1.165) is 44.4 Å². The molecule has 0 heterocycles. The highest BCUT2D eigenvalue weighted by molar-refractivity contribution is 7.47. The van der Waals surface area contributed by atoms with Gasteiger partial charge < -0.3 is 29.3 Å². The number of esters is 2. The van der Waals surface area contributed by atoms with Crippen LogP contribution in [-0.4, -0.2) is 70.4 Å². The fourth-order valence-electron chi connectivity index (χ4n) is 4.66. The Hall–Kier alpha value is -0.880. The van der Waals surface area contributed by atoms with Crippen molar-refractivity contribution in [2.45, 2.75) is 155 Å². The van der Waals surface area contributed by atoms with Crippen LogP contribution in [-0.2, 0) is 41.8 Å². The Bertz CT molecular complexity index is 894. The van der Waals surface area contributed by atoms with Crippen molar-refractivity contribution in [2.75, 3.05) is 26.4 Å². The molecule has 0 bridgehead atoms. The number of hydrogen-bond acceptors (Lipinski definition) is 10. The van der Waals surface area contributed by atoms with Gasteiger partial charge in [-0.25, -0.2) is 9.13 Å². The van der Waals surface area contributed by atoms with Gasteiger partial charge in [-0.05, 0) is 24.7 Å². The van der Waals surface area contributed by atoms with E-state index in [-0.39, 0.29) is 19.4 Å². The van der Waals surface area contributed by atoms with E-state index in [1.54, 1.807) is 0 Å². The van der Waals surface area contributed by atoms with Crippen LogP contribution < -0.4 is 0 Å². The fraction of sp³-hybridized carbons (Fsp3) is 0.938. The molecular formula is C32H64O13P2. The van der Waals surface area contributed by atoms with Crippen LogP contribution in [0.1, 0.15) is 143 Å². The van der Waals surface area contributed by atoms with E-state index in [0.29, 0.717) is 18.8 Å². The zero-order chi connectivity index (χ0) is 35.6. The summed E-state index contributed by atoms with van der Waals surface area (Å²) >= 11 is 0. The average Bonchev–Trinajstić information content (AvgIpc) is 2.98. The minimum Gasteiger partial charge on any atom is -0.462 e. The van der Waals surface area contributed by atoms with E-state index < -0.39 is 59.6 Å². The molecule has 4 N–H and O–H groups in total. The summed E-state index contributed by atoms with van der Waals surface area (Å²) in [5, 5.41) is 9.67. The van der Waals surface area contributed by atoms with E-state index in [2.05, 4.69) is 36.7 Å². The Kier molecular flexibility index (Phi) is 27.4. The summed E-state index contributed by atoms with van der Waals surface area (Å²) < 4.78 is 47.4. The molecule has 0 saturated carbocycles. The molecule has 0 amide bonds.